The average molecular weight is 354 g/mol. The van der Waals surface area contributed by atoms with E-state index < -0.39 is 11.7 Å². The fourth-order valence-corrected chi connectivity index (χ4v) is 2.14. The van der Waals surface area contributed by atoms with Gasteiger partial charge in [-0.05, 0) is 36.8 Å². The first-order valence-electron chi connectivity index (χ1n) is 6.52. The van der Waals surface area contributed by atoms with E-state index in [0.717, 1.165) is 18.6 Å². The van der Waals surface area contributed by atoms with Crippen LogP contribution in [-0.4, -0.2) is 6.04 Å². The molecule has 0 amide bonds. The lowest BCUT2D eigenvalue weighted by molar-refractivity contribution is -0.137. The molecular weight excluding hydrogens is 338 g/mol. The molecule has 7 heteroatoms. The van der Waals surface area contributed by atoms with Crippen molar-refractivity contribution >= 4 is 24.0 Å². The molecule has 1 aromatic heterocycles. The molecule has 1 atom stereocenters. The van der Waals surface area contributed by atoms with Crippen LogP contribution in [-0.2, 0) is 12.6 Å². The third kappa shape index (κ3) is 4.41. The van der Waals surface area contributed by atoms with E-state index in [2.05, 4.69) is 0 Å². The summed E-state index contributed by atoms with van der Waals surface area (Å²) >= 11 is 5.97. The maximum Gasteiger partial charge on any atom is 0.416 e. The third-order valence-corrected chi connectivity index (χ3v) is 3.54. The quantitative estimate of drug-likeness (QED) is 0.807. The van der Waals surface area contributed by atoms with Gasteiger partial charge in [0.1, 0.15) is 11.5 Å². The van der Waals surface area contributed by atoms with Crippen LogP contribution in [0.3, 0.4) is 0 Å². The van der Waals surface area contributed by atoms with Crippen LogP contribution < -0.4 is 5.73 Å². The maximum atomic E-state index is 12.7. The average Bonchev–Trinajstić information content (AvgIpc) is 2.86. The van der Waals surface area contributed by atoms with E-state index in [4.69, 9.17) is 21.8 Å². The minimum absolute atomic E-state index is 0. The Morgan fingerprint density at radius 3 is 2.50 bits per heavy atom. The fourth-order valence-electron chi connectivity index (χ4n) is 1.93. The topological polar surface area (TPSA) is 39.2 Å². The Balaban J connectivity index is 0.00000242. The van der Waals surface area contributed by atoms with Gasteiger partial charge in [-0.3, -0.25) is 0 Å². The summed E-state index contributed by atoms with van der Waals surface area (Å²) in [6.07, 6.45) is -3.09. The van der Waals surface area contributed by atoms with E-state index in [1.54, 1.807) is 12.1 Å². The lowest BCUT2D eigenvalue weighted by Gasteiger charge is -2.09. The number of hydrogen-bond acceptors (Lipinski definition) is 2. The van der Waals surface area contributed by atoms with Crippen molar-refractivity contribution in [2.24, 2.45) is 5.73 Å². The number of alkyl halides is 3. The highest BCUT2D eigenvalue weighted by atomic mass is 35.5. The zero-order valence-electron chi connectivity index (χ0n) is 11.8. The second-order valence-electron chi connectivity index (χ2n) is 4.83. The minimum atomic E-state index is -4.42. The van der Waals surface area contributed by atoms with Gasteiger partial charge in [0.05, 0.1) is 10.6 Å². The van der Waals surface area contributed by atoms with Crippen LogP contribution in [0.15, 0.2) is 34.7 Å². The van der Waals surface area contributed by atoms with Crippen molar-refractivity contribution in [3.05, 3.63) is 46.7 Å². The van der Waals surface area contributed by atoms with Crippen LogP contribution in [0.1, 0.15) is 24.7 Å². The van der Waals surface area contributed by atoms with Crippen molar-refractivity contribution < 1.29 is 17.6 Å². The Labute approximate surface area is 137 Å². The van der Waals surface area contributed by atoms with Gasteiger partial charge in [0, 0.05) is 18.0 Å². The fraction of sp³-hybridized carbons (Fsp3) is 0.333. The summed E-state index contributed by atoms with van der Waals surface area (Å²) < 4.78 is 43.8. The molecule has 2 nitrogen and oxygen atoms in total. The van der Waals surface area contributed by atoms with Crippen molar-refractivity contribution in [1.29, 1.82) is 0 Å². The molecule has 2 rings (SSSR count). The zero-order valence-corrected chi connectivity index (χ0v) is 13.4. The molecule has 122 valence electrons. The maximum absolute atomic E-state index is 12.7. The van der Waals surface area contributed by atoms with Crippen LogP contribution >= 0.6 is 24.0 Å². The Kier molecular flexibility index (Phi) is 6.35. The molecular formula is C15H16Cl2F3NO. The second-order valence-corrected chi connectivity index (χ2v) is 5.24. The summed E-state index contributed by atoms with van der Waals surface area (Å²) in [7, 11) is 0. The highest BCUT2D eigenvalue weighted by molar-refractivity contribution is 6.33. The number of furan rings is 1. The first kappa shape index (κ1) is 18.9. The normalized spacial score (nSPS) is 12.8. The van der Waals surface area contributed by atoms with Crippen molar-refractivity contribution in [2.75, 3.05) is 0 Å². The van der Waals surface area contributed by atoms with Crippen LogP contribution in [0.5, 0.6) is 0 Å². The molecule has 0 fully saturated rings. The zero-order chi connectivity index (χ0) is 15.6. The van der Waals surface area contributed by atoms with E-state index in [1.165, 1.54) is 6.07 Å². The molecule has 2 N–H and O–H groups in total. The van der Waals surface area contributed by atoms with Gasteiger partial charge in [0.2, 0.25) is 0 Å². The Morgan fingerprint density at radius 1 is 1.23 bits per heavy atom. The van der Waals surface area contributed by atoms with Gasteiger partial charge in [-0.25, -0.2) is 0 Å². The van der Waals surface area contributed by atoms with E-state index in [-0.39, 0.29) is 29.0 Å². The number of halogens is 5. The largest absolute Gasteiger partial charge is 0.461 e. The van der Waals surface area contributed by atoms with Gasteiger partial charge in [-0.1, -0.05) is 18.5 Å². The van der Waals surface area contributed by atoms with Gasteiger partial charge in [-0.15, -0.1) is 12.4 Å². The Hall–Kier alpha value is -1.17. The Bertz CT molecular complexity index is 625. The molecule has 1 unspecified atom stereocenters. The van der Waals surface area contributed by atoms with E-state index in [0.29, 0.717) is 17.9 Å². The summed E-state index contributed by atoms with van der Waals surface area (Å²) in [6.45, 7) is 1.96. The number of benzene rings is 1. The van der Waals surface area contributed by atoms with Gasteiger partial charge >= 0.3 is 6.18 Å². The molecule has 2 aromatic rings. The van der Waals surface area contributed by atoms with Crippen molar-refractivity contribution in [3.63, 3.8) is 0 Å². The van der Waals surface area contributed by atoms with Gasteiger partial charge in [0.25, 0.3) is 0 Å². The third-order valence-electron chi connectivity index (χ3n) is 3.21. The summed E-state index contributed by atoms with van der Waals surface area (Å²) in [4.78, 5) is 0. The van der Waals surface area contributed by atoms with Crippen LogP contribution in [0.4, 0.5) is 13.2 Å². The van der Waals surface area contributed by atoms with Crippen LogP contribution in [0.2, 0.25) is 5.02 Å². The first-order chi connectivity index (χ1) is 9.81. The number of rotatable bonds is 4. The van der Waals surface area contributed by atoms with Crippen molar-refractivity contribution in [3.8, 4) is 11.3 Å². The lowest BCUT2D eigenvalue weighted by atomic mass is 10.1. The summed E-state index contributed by atoms with van der Waals surface area (Å²) in [5.74, 6) is 0.942. The summed E-state index contributed by atoms with van der Waals surface area (Å²) in [5.41, 5.74) is 5.29. The molecule has 0 saturated carbocycles. The van der Waals surface area contributed by atoms with Gasteiger partial charge < -0.3 is 10.2 Å². The van der Waals surface area contributed by atoms with Crippen LogP contribution in [0.25, 0.3) is 11.3 Å². The van der Waals surface area contributed by atoms with Gasteiger partial charge in [-0.2, -0.15) is 13.2 Å². The smallest absolute Gasteiger partial charge is 0.416 e. The number of hydrogen-bond donors (Lipinski definition) is 1. The van der Waals surface area contributed by atoms with E-state index in [9.17, 15) is 13.2 Å². The summed E-state index contributed by atoms with van der Waals surface area (Å²) in [6, 6.07) is 6.44. The van der Waals surface area contributed by atoms with Crippen LogP contribution in [0, 0.1) is 0 Å². The number of nitrogens with two attached hydrogens (primary N) is 1. The predicted octanol–water partition coefficient (Wildman–Crippen LogP) is 5.32. The molecule has 0 aliphatic rings. The molecule has 22 heavy (non-hydrogen) atoms. The summed E-state index contributed by atoms with van der Waals surface area (Å²) in [5, 5.41) is 0.212. The molecule has 0 bridgehead atoms. The van der Waals surface area contributed by atoms with E-state index in [1.807, 2.05) is 6.92 Å². The first-order valence-corrected chi connectivity index (χ1v) is 6.90. The van der Waals surface area contributed by atoms with Crippen molar-refractivity contribution in [1.82, 2.24) is 0 Å². The second kappa shape index (κ2) is 7.40. The minimum Gasteiger partial charge on any atom is -0.461 e. The monoisotopic (exact) mass is 353 g/mol. The highest BCUT2D eigenvalue weighted by Gasteiger charge is 2.31. The van der Waals surface area contributed by atoms with E-state index >= 15 is 0 Å². The highest BCUT2D eigenvalue weighted by Crippen LogP contribution is 2.36. The lowest BCUT2D eigenvalue weighted by Crippen LogP contribution is -2.20. The SMILES string of the molecule is CCC(N)Cc1ccc(-c2cc(C(F)(F)F)ccc2Cl)o1.Cl. The molecule has 1 heterocycles. The molecule has 0 spiro atoms. The molecule has 0 aliphatic heterocycles. The molecule has 1 aromatic carbocycles. The van der Waals surface area contributed by atoms with Crippen molar-refractivity contribution in [2.45, 2.75) is 32.0 Å². The molecule has 0 aliphatic carbocycles. The van der Waals surface area contributed by atoms with Gasteiger partial charge in [0.15, 0.2) is 0 Å². The predicted molar refractivity (Wildman–Crippen MR) is 83.4 cm³/mol. The molecule has 0 saturated heterocycles. The Morgan fingerprint density at radius 2 is 1.91 bits per heavy atom. The standard InChI is InChI=1S/C15H15ClF3NO.ClH/c1-2-10(20)8-11-4-6-14(21-11)12-7-9(15(17,18)19)3-5-13(12)16;/h3-7,10H,2,8,20H2,1H3;1H. The molecule has 0 radical (unpaired) electrons.